The van der Waals surface area contributed by atoms with Crippen LogP contribution in [-0.4, -0.2) is 56.6 Å². The van der Waals surface area contributed by atoms with Crippen molar-refractivity contribution in [2.24, 2.45) is 5.92 Å². The molecular formula is C19H20F3N5O2S. The first kappa shape index (κ1) is 20.8. The van der Waals surface area contributed by atoms with E-state index in [1.165, 1.54) is 17.5 Å². The van der Waals surface area contributed by atoms with Crippen LogP contribution < -0.4 is 10.6 Å². The number of hydrogen-bond donors (Lipinski definition) is 4. The number of rotatable bonds is 6. The number of aliphatic hydroxyl groups is 2. The second-order valence-electron chi connectivity index (χ2n) is 7.23. The number of para-hydroxylation sites is 1. The highest BCUT2D eigenvalue weighted by molar-refractivity contribution is 7.21. The first-order valence-corrected chi connectivity index (χ1v) is 10.2. The van der Waals surface area contributed by atoms with E-state index < -0.39 is 18.8 Å². The van der Waals surface area contributed by atoms with Crippen molar-refractivity contribution in [3.05, 3.63) is 30.5 Å². The number of halogens is 3. The van der Waals surface area contributed by atoms with Gasteiger partial charge in [0.2, 0.25) is 5.95 Å². The fourth-order valence-electron chi connectivity index (χ4n) is 3.51. The summed E-state index contributed by atoms with van der Waals surface area (Å²) in [4.78, 5) is 12.9. The lowest BCUT2D eigenvalue weighted by molar-refractivity contribution is -0.115. The Morgan fingerprint density at radius 3 is 2.67 bits per heavy atom. The lowest BCUT2D eigenvalue weighted by atomic mass is 10.1. The summed E-state index contributed by atoms with van der Waals surface area (Å²) in [7, 11) is 0. The maximum Gasteiger partial charge on any atom is 0.405 e. The van der Waals surface area contributed by atoms with E-state index in [2.05, 4.69) is 25.6 Å². The molecule has 1 aromatic carbocycles. The van der Waals surface area contributed by atoms with Gasteiger partial charge in [-0.05, 0) is 25.0 Å². The van der Waals surface area contributed by atoms with Crippen LogP contribution in [0.2, 0.25) is 0 Å². The largest absolute Gasteiger partial charge is 0.405 e. The third-order valence-electron chi connectivity index (χ3n) is 4.99. The van der Waals surface area contributed by atoms with E-state index in [0.29, 0.717) is 29.2 Å². The van der Waals surface area contributed by atoms with Crippen molar-refractivity contribution >= 4 is 33.3 Å². The van der Waals surface area contributed by atoms with Crippen LogP contribution in [0, 0.1) is 5.92 Å². The van der Waals surface area contributed by atoms with Crippen LogP contribution >= 0.6 is 11.3 Å². The number of nitrogens with zero attached hydrogens (tertiary/aromatic N) is 3. The molecule has 7 nitrogen and oxygen atoms in total. The number of thiazole rings is 1. The minimum atomic E-state index is -4.40. The average molecular weight is 439 g/mol. The molecule has 1 unspecified atom stereocenters. The minimum Gasteiger partial charge on any atom is -0.396 e. The van der Waals surface area contributed by atoms with Gasteiger partial charge in [0.05, 0.1) is 21.9 Å². The van der Waals surface area contributed by atoms with Crippen molar-refractivity contribution in [1.82, 2.24) is 15.0 Å². The fraction of sp³-hybridized carbons (Fsp3) is 0.421. The van der Waals surface area contributed by atoms with Crippen molar-refractivity contribution < 1.29 is 23.4 Å². The number of hydrogen-bond acceptors (Lipinski definition) is 8. The number of benzene rings is 1. The highest BCUT2D eigenvalue weighted by Gasteiger charge is 2.33. The Hall–Kier alpha value is -2.50. The van der Waals surface area contributed by atoms with Gasteiger partial charge in [0.15, 0.2) is 0 Å². The number of aromatic nitrogens is 3. The van der Waals surface area contributed by atoms with Crippen molar-refractivity contribution in [2.75, 3.05) is 23.8 Å². The summed E-state index contributed by atoms with van der Waals surface area (Å²) in [6.07, 6.45) is -2.68. The smallest absolute Gasteiger partial charge is 0.396 e. The van der Waals surface area contributed by atoms with Gasteiger partial charge in [0.25, 0.3) is 0 Å². The summed E-state index contributed by atoms with van der Waals surface area (Å²) in [6, 6.07) is 7.40. The van der Waals surface area contributed by atoms with Gasteiger partial charge >= 0.3 is 6.18 Å². The third kappa shape index (κ3) is 4.63. The molecule has 1 aliphatic rings. The predicted octanol–water partition coefficient (Wildman–Crippen LogP) is 3.27. The molecule has 30 heavy (non-hydrogen) atoms. The summed E-state index contributed by atoms with van der Waals surface area (Å²) in [5.74, 6) is -0.0699. The zero-order chi connectivity index (χ0) is 21.3. The molecule has 1 saturated carbocycles. The number of nitrogens with one attached hydrogen (secondary N) is 2. The van der Waals surface area contributed by atoms with Gasteiger partial charge in [-0.3, -0.25) is 0 Å². The second kappa shape index (κ2) is 8.32. The summed E-state index contributed by atoms with van der Waals surface area (Å²) < 4.78 is 38.7. The molecule has 0 amide bonds. The van der Waals surface area contributed by atoms with Crippen LogP contribution in [0.15, 0.2) is 30.5 Å². The van der Waals surface area contributed by atoms with Gasteiger partial charge in [-0.2, -0.15) is 18.2 Å². The molecule has 1 fully saturated rings. The Morgan fingerprint density at radius 2 is 1.97 bits per heavy atom. The monoisotopic (exact) mass is 439 g/mol. The van der Waals surface area contributed by atoms with Crippen LogP contribution in [0.3, 0.4) is 0 Å². The maximum absolute atomic E-state index is 12.6. The van der Waals surface area contributed by atoms with Crippen molar-refractivity contribution in [1.29, 1.82) is 0 Å². The molecule has 3 atom stereocenters. The highest BCUT2D eigenvalue weighted by atomic mass is 32.1. The van der Waals surface area contributed by atoms with Crippen molar-refractivity contribution in [3.8, 4) is 10.6 Å². The van der Waals surface area contributed by atoms with E-state index in [4.69, 9.17) is 0 Å². The lowest BCUT2D eigenvalue weighted by Gasteiger charge is -2.17. The van der Waals surface area contributed by atoms with Gasteiger partial charge in [-0.15, -0.1) is 11.3 Å². The number of aliphatic hydroxyl groups excluding tert-OH is 2. The molecule has 2 aromatic heterocycles. The van der Waals surface area contributed by atoms with E-state index in [1.54, 1.807) is 0 Å². The van der Waals surface area contributed by atoms with Gasteiger partial charge in [0.1, 0.15) is 17.4 Å². The predicted molar refractivity (Wildman–Crippen MR) is 108 cm³/mol. The Bertz CT molecular complexity index is 996. The molecule has 160 valence electrons. The normalized spacial score (nSPS) is 21.8. The summed E-state index contributed by atoms with van der Waals surface area (Å²) in [6.45, 7) is -1.38. The van der Waals surface area contributed by atoms with E-state index in [-0.39, 0.29) is 24.5 Å². The van der Waals surface area contributed by atoms with Crippen molar-refractivity contribution in [3.63, 3.8) is 0 Å². The summed E-state index contributed by atoms with van der Waals surface area (Å²) in [5.41, 5.74) is 1.37. The quantitative estimate of drug-likeness (QED) is 0.467. The van der Waals surface area contributed by atoms with E-state index >= 15 is 0 Å². The van der Waals surface area contributed by atoms with Crippen LogP contribution in [0.25, 0.3) is 20.8 Å². The minimum absolute atomic E-state index is 0.133. The molecular weight excluding hydrogens is 419 g/mol. The molecule has 0 radical (unpaired) electrons. The molecule has 1 aliphatic carbocycles. The fourth-order valence-corrected chi connectivity index (χ4v) is 4.49. The van der Waals surface area contributed by atoms with E-state index in [0.717, 1.165) is 10.2 Å². The van der Waals surface area contributed by atoms with E-state index in [9.17, 15) is 23.4 Å². The number of fused-ring (bicyclic) bond motifs is 1. The molecule has 11 heteroatoms. The van der Waals surface area contributed by atoms with Crippen LogP contribution in [-0.2, 0) is 0 Å². The highest BCUT2D eigenvalue weighted by Crippen LogP contribution is 2.36. The molecule has 2 heterocycles. The molecule has 0 saturated heterocycles. The zero-order valence-electron chi connectivity index (χ0n) is 15.7. The van der Waals surface area contributed by atoms with E-state index in [1.807, 2.05) is 24.3 Å². The SMILES string of the molecule is OC[C@H]1CC(Nc2nc(NCC(F)(F)F)ncc2-c2nc3ccccc3s2)C[C@@H]1O. The number of alkyl halides is 3. The standard InChI is InChI=1S/C19H20F3N5O2S/c20-19(21,22)9-24-18-23-7-12(17-26-13-3-1-2-4-15(13)30-17)16(27-18)25-11-5-10(8-28)14(29)6-11/h1-4,7,10-11,14,28-29H,5-6,8-9H2,(H2,23,24,25,27)/t10-,11?,14+/m1/s1. The molecule has 0 aliphatic heterocycles. The van der Waals surface area contributed by atoms with Crippen LogP contribution in [0.5, 0.6) is 0 Å². The average Bonchev–Trinajstić information content (AvgIpc) is 3.28. The van der Waals surface area contributed by atoms with Crippen LogP contribution in [0.1, 0.15) is 12.8 Å². The topological polar surface area (TPSA) is 103 Å². The first-order valence-electron chi connectivity index (χ1n) is 9.41. The maximum atomic E-state index is 12.6. The third-order valence-corrected chi connectivity index (χ3v) is 6.06. The Kier molecular flexibility index (Phi) is 5.76. The second-order valence-corrected chi connectivity index (χ2v) is 8.26. The Labute approximate surface area is 174 Å². The zero-order valence-corrected chi connectivity index (χ0v) is 16.5. The van der Waals surface area contributed by atoms with Gasteiger partial charge in [0, 0.05) is 24.8 Å². The van der Waals surface area contributed by atoms with Crippen LogP contribution in [0.4, 0.5) is 24.9 Å². The van der Waals surface area contributed by atoms with Gasteiger partial charge < -0.3 is 20.8 Å². The lowest BCUT2D eigenvalue weighted by Crippen LogP contribution is -2.23. The first-order chi connectivity index (χ1) is 14.3. The number of anilines is 2. The molecule has 4 rings (SSSR count). The molecule has 0 spiro atoms. The van der Waals surface area contributed by atoms with Gasteiger partial charge in [-0.1, -0.05) is 12.1 Å². The Balaban J connectivity index is 1.66. The molecule has 4 N–H and O–H groups in total. The summed E-state index contributed by atoms with van der Waals surface area (Å²) in [5, 5.41) is 25.5. The van der Waals surface area contributed by atoms with Crippen molar-refractivity contribution in [2.45, 2.75) is 31.2 Å². The van der Waals surface area contributed by atoms with Gasteiger partial charge in [-0.25, -0.2) is 9.97 Å². The summed E-state index contributed by atoms with van der Waals surface area (Å²) >= 11 is 1.43. The Morgan fingerprint density at radius 1 is 1.17 bits per heavy atom. The molecule has 0 bridgehead atoms. The molecule has 3 aromatic rings.